The van der Waals surface area contributed by atoms with Gasteiger partial charge in [0.05, 0.1) is 21.3 Å². The minimum absolute atomic E-state index is 0.407. The van der Waals surface area contributed by atoms with Crippen molar-refractivity contribution in [1.29, 1.82) is 0 Å². The van der Waals surface area contributed by atoms with Gasteiger partial charge in [-0.2, -0.15) is 0 Å². The van der Waals surface area contributed by atoms with E-state index in [2.05, 4.69) is 4.98 Å². The van der Waals surface area contributed by atoms with Crippen LogP contribution in [0.25, 0.3) is 0 Å². The maximum Gasteiger partial charge on any atom is 0.284 e. The zero-order chi connectivity index (χ0) is 23.8. The summed E-state index contributed by atoms with van der Waals surface area (Å²) >= 11 is 0. The maximum absolute atomic E-state index is 6.15. The summed E-state index contributed by atoms with van der Waals surface area (Å²) in [6.07, 6.45) is -0.832. The molecule has 0 atom stereocenters. The smallest absolute Gasteiger partial charge is 0.284 e. The summed E-state index contributed by atoms with van der Waals surface area (Å²) in [6, 6.07) is 27.2. The highest BCUT2D eigenvalue weighted by Crippen LogP contribution is 2.29. The average Bonchev–Trinajstić information content (AvgIpc) is 2.90. The topological polar surface area (TPSA) is 68.3 Å². The van der Waals surface area contributed by atoms with Gasteiger partial charge < -0.3 is 28.4 Å². The van der Waals surface area contributed by atoms with Crippen LogP contribution in [0.2, 0.25) is 0 Å². The van der Waals surface area contributed by atoms with Crippen LogP contribution in [0.3, 0.4) is 0 Å². The molecule has 0 fully saturated rings. The summed E-state index contributed by atoms with van der Waals surface area (Å²) in [5.41, 5.74) is 0.539. The van der Waals surface area contributed by atoms with Crippen LogP contribution in [0, 0.1) is 0 Å². The summed E-state index contributed by atoms with van der Waals surface area (Å²) in [6.45, 7) is 0. The van der Waals surface area contributed by atoms with Crippen LogP contribution >= 0.6 is 0 Å². The Labute approximate surface area is 198 Å². The molecule has 0 radical (unpaired) electrons. The van der Waals surface area contributed by atoms with Crippen LogP contribution in [-0.2, 0) is 0 Å². The second kappa shape index (κ2) is 11.0. The van der Waals surface area contributed by atoms with Crippen LogP contribution in [0.15, 0.2) is 91.0 Å². The molecule has 174 valence electrons. The van der Waals surface area contributed by atoms with Gasteiger partial charge in [-0.25, -0.2) is 4.98 Å². The Hall–Kier alpha value is -4.39. The summed E-state index contributed by atoms with van der Waals surface area (Å²) in [4.78, 5) is 4.62. The van der Waals surface area contributed by atoms with Crippen LogP contribution in [0.4, 0.5) is 0 Å². The first-order chi connectivity index (χ1) is 16.7. The fourth-order valence-electron chi connectivity index (χ4n) is 3.08. The highest BCUT2D eigenvalue weighted by Gasteiger charge is 2.19. The number of hydrogen-bond acceptors (Lipinski definition) is 7. The molecular formula is C27H25NO6. The lowest BCUT2D eigenvalue weighted by molar-refractivity contribution is -0.0000447. The monoisotopic (exact) mass is 459 g/mol. The number of rotatable bonds is 10. The quantitative estimate of drug-likeness (QED) is 0.267. The van der Waals surface area contributed by atoms with Gasteiger partial charge in [-0.05, 0) is 78.9 Å². The summed E-state index contributed by atoms with van der Waals surface area (Å²) in [7, 11) is 4.85. The third kappa shape index (κ3) is 5.89. The molecule has 0 saturated heterocycles. The van der Waals surface area contributed by atoms with E-state index in [1.807, 2.05) is 60.7 Å². The molecule has 7 nitrogen and oxygen atoms in total. The van der Waals surface area contributed by atoms with E-state index in [-0.39, 0.29) is 0 Å². The van der Waals surface area contributed by atoms with Crippen LogP contribution < -0.4 is 28.4 Å². The van der Waals surface area contributed by atoms with Gasteiger partial charge in [0.15, 0.2) is 0 Å². The molecule has 1 aromatic heterocycles. The lowest BCUT2D eigenvalue weighted by Crippen LogP contribution is -2.16. The predicted octanol–water partition coefficient (Wildman–Crippen LogP) is 6.06. The van der Waals surface area contributed by atoms with Gasteiger partial charge in [0.1, 0.15) is 40.2 Å². The third-order valence-corrected chi connectivity index (χ3v) is 4.87. The van der Waals surface area contributed by atoms with E-state index in [9.17, 15) is 0 Å². The summed E-state index contributed by atoms with van der Waals surface area (Å²) < 4.78 is 33.9. The van der Waals surface area contributed by atoms with Gasteiger partial charge in [-0.3, -0.25) is 0 Å². The normalized spacial score (nSPS) is 10.5. The Morgan fingerprint density at radius 2 is 0.912 bits per heavy atom. The SMILES string of the molecule is COc1ccc(Oc2cccc(C(Oc3ccc(OC)cc3)Oc3ccc(OC)cc3)n2)cc1. The van der Waals surface area contributed by atoms with E-state index in [1.165, 1.54) is 0 Å². The number of hydrogen-bond donors (Lipinski definition) is 0. The van der Waals surface area contributed by atoms with Crippen LogP contribution in [-0.4, -0.2) is 26.3 Å². The van der Waals surface area contributed by atoms with Crippen molar-refractivity contribution < 1.29 is 28.4 Å². The Bertz CT molecular complexity index is 1130. The van der Waals surface area contributed by atoms with E-state index in [0.29, 0.717) is 28.8 Å². The van der Waals surface area contributed by atoms with Crippen LogP contribution in [0.5, 0.6) is 40.4 Å². The Balaban J connectivity index is 1.58. The fraction of sp³-hybridized carbons (Fsp3) is 0.148. The third-order valence-electron chi connectivity index (χ3n) is 4.87. The van der Waals surface area contributed by atoms with Gasteiger partial charge in [-0.1, -0.05) is 6.07 Å². The first-order valence-electron chi connectivity index (χ1n) is 10.6. The first-order valence-corrected chi connectivity index (χ1v) is 10.6. The zero-order valence-corrected chi connectivity index (χ0v) is 19.1. The lowest BCUT2D eigenvalue weighted by atomic mass is 10.3. The largest absolute Gasteiger partial charge is 0.497 e. The highest BCUT2D eigenvalue weighted by atomic mass is 16.7. The van der Waals surface area contributed by atoms with E-state index in [0.717, 1.165) is 17.2 Å². The Morgan fingerprint density at radius 3 is 1.35 bits per heavy atom. The second-order valence-electron chi connectivity index (χ2n) is 7.10. The molecule has 0 aliphatic heterocycles. The molecule has 0 aliphatic rings. The molecule has 0 amide bonds. The summed E-state index contributed by atoms with van der Waals surface area (Å²) in [5, 5.41) is 0. The molecule has 1 heterocycles. The van der Waals surface area contributed by atoms with Crippen molar-refractivity contribution >= 4 is 0 Å². The molecule has 0 N–H and O–H groups in total. The van der Waals surface area contributed by atoms with Gasteiger partial charge in [0, 0.05) is 6.07 Å². The van der Waals surface area contributed by atoms with Crippen LogP contribution in [0.1, 0.15) is 12.0 Å². The minimum atomic E-state index is -0.832. The Kier molecular flexibility index (Phi) is 7.35. The molecule has 0 bridgehead atoms. The molecule has 4 aromatic rings. The highest BCUT2D eigenvalue weighted by molar-refractivity contribution is 5.35. The predicted molar refractivity (Wildman–Crippen MR) is 127 cm³/mol. The Morgan fingerprint density at radius 1 is 0.500 bits per heavy atom. The molecule has 0 spiro atoms. The van der Waals surface area contributed by atoms with E-state index in [1.54, 1.807) is 51.7 Å². The number of ether oxygens (including phenoxy) is 6. The van der Waals surface area contributed by atoms with Crippen molar-refractivity contribution in [3.8, 4) is 40.4 Å². The first kappa shape index (κ1) is 22.8. The number of pyridine rings is 1. The van der Waals surface area contributed by atoms with Crippen molar-refractivity contribution in [2.24, 2.45) is 0 Å². The van der Waals surface area contributed by atoms with E-state index < -0.39 is 6.29 Å². The molecular weight excluding hydrogens is 434 g/mol. The minimum Gasteiger partial charge on any atom is -0.497 e. The van der Waals surface area contributed by atoms with Gasteiger partial charge >= 0.3 is 0 Å². The van der Waals surface area contributed by atoms with Crippen molar-refractivity contribution in [2.45, 2.75) is 6.29 Å². The molecule has 7 heteroatoms. The van der Waals surface area contributed by atoms with E-state index >= 15 is 0 Å². The van der Waals surface area contributed by atoms with Crippen molar-refractivity contribution in [3.63, 3.8) is 0 Å². The second-order valence-corrected chi connectivity index (χ2v) is 7.10. The number of benzene rings is 3. The van der Waals surface area contributed by atoms with Crippen molar-refractivity contribution in [2.75, 3.05) is 21.3 Å². The van der Waals surface area contributed by atoms with E-state index in [4.69, 9.17) is 28.4 Å². The molecule has 3 aromatic carbocycles. The molecule has 0 saturated carbocycles. The van der Waals surface area contributed by atoms with Gasteiger partial charge in [-0.15, -0.1) is 0 Å². The standard InChI is InChI=1S/C27H25NO6/c1-29-19-7-13-22(14-8-19)32-26-6-4-5-25(28-26)27(33-23-15-9-20(30-2)10-16-23)34-24-17-11-21(31-3)12-18-24/h4-18,27H,1-3H3. The molecule has 0 aliphatic carbocycles. The molecule has 34 heavy (non-hydrogen) atoms. The van der Waals surface area contributed by atoms with Crippen molar-refractivity contribution in [3.05, 3.63) is 96.7 Å². The van der Waals surface area contributed by atoms with Gasteiger partial charge in [0.2, 0.25) is 5.88 Å². The zero-order valence-electron chi connectivity index (χ0n) is 19.1. The lowest BCUT2D eigenvalue weighted by Gasteiger charge is -2.21. The maximum atomic E-state index is 6.15. The molecule has 0 unspecified atom stereocenters. The number of nitrogens with zero attached hydrogens (tertiary/aromatic N) is 1. The van der Waals surface area contributed by atoms with Gasteiger partial charge in [0.25, 0.3) is 6.29 Å². The number of methoxy groups -OCH3 is 3. The number of aromatic nitrogens is 1. The summed E-state index contributed by atoms with van der Waals surface area (Å²) in [5.74, 6) is 4.44. The fourth-order valence-corrected chi connectivity index (χ4v) is 3.08. The average molecular weight is 459 g/mol. The molecule has 4 rings (SSSR count). The van der Waals surface area contributed by atoms with Crippen molar-refractivity contribution in [1.82, 2.24) is 4.98 Å².